The monoisotopic (exact) mass is 600 g/mol. The van der Waals surface area contributed by atoms with Crippen LogP contribution in [-0.2, 0) is 27.4 Å². The van der Waals surface area contributed by atoms with Crippen molar-refractivity contribution in [1.82, 2.24) is 19.9 Å². The molecule has 0 radical (unpaired) electrons. The Morgan fingerprint density at radius 2 is 1.81 bits per heavy atom. The lowest BCUT2D eigenvalue weighted by molar-refractivity contribution is -0.878. The lowest BCUT2D eigenvalue weighted by Gasteiger charge is -2.46. The molecule has 2 aromatic heterocycles. The molecule has 1 fully saturated rings. The maximum Gasteiger partial charge on any atom is 0.516 e. The van der Waals surface area contributed by atoms with Crippen LogP contribution >= 0.6 is 0 Å². The van der Waals surface area contributed by atoms with Crippen LogP contribution in [0.15, 0.2) is 84.4 Å². The molecule has 4 atom stereocenters. The van der Waals surface area contributed by atoms with Crippen LogP contribution in [0.2, 0.25) is 0 Å². The molecule has 13 heteroatoms. The smallest absolute Gasteiger partial charge is 0.415 e. The van der Waals surface area contributed by atoms with Crippen molar-refractivity contribution in [1.29, 1.82) is 0 Å². The van der Waals surface area contributed by atoms with Gasteiger partial charge in [0.25, 0.3) is 0 Å². The minimum absolute atomic E-state index is 0.0197. The highest BCUT2D eigenvalue weighted by Crippen LogP contribution is 2.50. The van der Waals surface area contributed by atoms with E-state index in [1.165, 1.54) is 18.3 Å². The van der Waals surface area contributed by atoms with E-state index in [2.05, 4.69) is 19.9 Å². The second kappa shape index (κ2) is 11.3. The van der Waals surface area contributed by atoms with Crippen molar-refractivity contribution in [3.63, 3.8) is 0 Å². The molecule has 4 aromatic rings. The maximum atomic E-state index is 13.9. The van der Waals surface area contributed by atoms with Crippen molar-refractivity contribution in [3.8, 4) is 0 Å². The number of alkyl halides is 3. The van der Waals surface area contributed by atoms with Crippen molar-refractivity contribution < 1.29 is 35.6 Å². The number of nitrogens with zero attached hydrogens (tertiary/aromatic N) is 4. The number of carbonyl (C=O) groups excluding carboxylic acids is 1. The summed E-state index contributed by atoms with van der Waals surface area (Å²) in [4.78, 5) is 29.5. The zero-order chi connectivity index (χ0) is 30.1. The van der Waals surface area contributed by atoms with Crippen LogP contribution in [0, 0.1) is 0 Å². The topological polar surface area (TPSA) is 115 Å². The number of benzene rings is 2. The number of carbonyl (C=O) groups is 1. The highest BCUT2D eigenvalue weighted by molar-refractivity contribution is 7.90. The van der Waals surface area contributed by atoms with Crippen LogP contribution < -0.4 is 0 Å². The Labute approximate surface area is 240 Å². The predicted molar refractivity (Wildman–Crippen MR) is 146 cm³/mol. The largest absolute Gasteiger partial charge is 0.516 e. The number of piperidine rings is 1. The van der Waals surface area contributed by atoms with Crippen LogP contribution in [0.25, 0.3) is 0 Å². The van der Waals surface area contributed by atoms with Gasteiger partial charge < -0.3 is 9.72 Å². The van der Waals surface area contributed by atoms with Crippen LogP contribution in [0.1, 0.15) is 52.5 Å². The summed E-state index contributed by atoms with van der Waals surface area (Å²) in [6.45, 7) is 0.0615. The molecular weight excluding hydrogens is 571 g/mol. The van der Waals surface area contributed by atoms with Gasteiger partial charge in [0.1, 0.15) is 6.61 Å². The Morgan fingerprint density at radius 3 is 2.48 bits per heavy atom. The standard InChI is InChI=1S/C29H29F3N5O4S/c1-37(28(38)41-18-19-7-4-3-5-8-19)17-23(24-11-12-35-27(36-24)42(2,39)40)22(16-25(37)26-33-13-14-34-26)20-9-6-10-21(15-20)29(30,31)32/h3-15,22-23,25H,16-18H2,1-2H3,(H,33,34)/q+1. The van der Waals surface area contributed by atoms with Gasteiger partial charge in [-0.25, -0.2) is 27.9 Å². The van der Waals surface area contributed by atoms with E-state index in [1.54, 1.807) is 25.5 Å². The zero-order valence-electron chi connectivity index (χ0n) is 22.8. The average Bonchev–Trinajstić information content (AvgIpc) is 3.50. The van der Waals surface area contributed by atoms with Gasteiger partial charge in [0.15, 0.2) is 11.9 Å². The summed E-state index contributed by atoms with van der Waals surface area (Å²) in [5.41, 5.74) is 0.662. The van der Waals surface area contributed by atoms with Gasteiger partial charge in [-0.2, -0.15) is 18.0 Å². The number of hydrogen-bond donors (Lipinski definition) is 1. The fraction of sp³-hybridized carbons (Fsp3) is 0.310. The maximum absolute atomic E-state index is 13.9. The number of hydrogen-bond acceptors (Lipinski definition) is 7. The van der Waals surface area contributed by atoms with Gasteiger partial charge in [0, 0.05) is 37.2 Å². The van der Waals surface area contributed by atoms with Gasteiger partial charge in [-0.15, -0.1) is 0 Å². The number of likely N-dealkylation sites (tertiary alicyclic amines) is 1. The first-order chi connectivity index (χ1) is 19.9. The molecule has 42 heavy (non-hydrogen) atoms. The molecule has 220 valence electrons. The number of H-pyrrole nitrogens is 1. The summed E-state index contributed by atoms with van der Waals surface area (Å²) in [7, 11) is -2.10. The molecule has 1 N–H and O–H groups in total. The second-order valence-corrected chi connectivity index (χ2v) is 12.5. The fourth-order valence-corrected chi connectivity index (χ4v) is 6.09. The minimum atomic E-state index is -4.56. The number of likely N-dealkylation sites (N-methyl/N-ethyl adjacent to an activating group) is 1. The van der Waals surface area contributed by atoms with Crippen molar-refractivity contribution in [2.24, 2.45) is 0 Å². The molecule has 0 saturated carbocycles. The second-order valence-electron chi connectivity index (χ2n) is 10.6. The van der Waals surface area contributed by atoms with Gasteiger partial charge >= 0.3 is 12.3 Å². The fourth-order valence-electron chi connectivity index (χ4n) is 5.56. The number of imidazole rings is 1. The van der Waals surface area contributed by atoms with E-state index in [0.29, 0.717) is 17.1 Å². The van der Waals surface area contributed by atoms with E-state index < -0.39 is 50.7 Å². The Hall–Kier alpha value is -4.10. The van der Waals surface area contributed by atoms with E-state index >= 15 is 0 Å². The molecule has 0 bridgehead atoms. The van der Waals surface area contributed by atoms with E-state index in [4.69, 9.17) is 4.74 Å². The third-order valence-corrected chi connectivity index (χ3v) is 8.55. The number of sulfone groups is 1. The Balaban J connectivity index is 1.61. The van der Waals surface area contributed by atoms with Gasteiger partial charge in [-0.05, 0) is 23.3 Å². The first-order valence-corrected chi connectivity index (χ1v) is 15.0. The van der Waals surface area contributed by atoms with Crippen molar-refractivity contribution in [2.45, 2.75) is 42.2 Å². The van der Waals surface area contributed by atoms with Crippen LogP contribution in [0.3, 0.4) is 0 Å². The molecule has 1 aliphatic heterocycles. The van der Waals surface area contributed by atoms with Gasteiger partial charge in [0.05, 0.1) is 30.8 Å². The summed E-state index contributed by atoms with van der Waals surface area (Å²) >= 11 is 0. The molecule has 9 nitrogen and oxygen atoms in total. The highest BCUT2D eigenvalue weighted by atomic mass is 32.2. The van der Waals surface area contributed by atoms with E-state index in [-0.39, 0.29) is 24.1 Å². The molecule has 0 aliphatic carbocycles. The zero-order valence-corrected chi connectivity index (χ0v) is 23.6. The van der Waals surface area contributed by atoms with Crippen LogP contribution in [0.5, 0.6) is 0 Å². The Bertz CT molecular complexity index is 1670. The van der Waals surface area contributed by atoms with Gasteiger partial charge in [0.2, 0.25) is 15.0 Å². The number of aromatic nitrogens is 4. The number of aromatic amines is 1. The van der Waals surface area contributed by atoms with E-state index in [9.17, 15) is 26.4 Å². The Kier molecular flexibility index (Phi) is 7.90. The van der Waals surface area contributed by atoms with Crippen molar-refractivity contribution >= 4 is 15.9 Å². The molecule has 1 saturated heterocycles. The summed E-state index contributed by atoms with van der Waals surface area (Å²) < 4.78 is 71.2. The first-order valence-electron chi connectivity index (χ1n) is 13.1. The molecule has 4 unspecified atom stereocenters. The first kappa shape index (κ1) is 29.4. The minimum Gasteiger partial charge on any atom is -0.415 e. The number of halogens is 3. The van der Waals surface area contributed by atoms with Gasteiger partial charge in [-0.1, -0.05) is 48.5 Å². The average molecular weight is 601 g/mol. The van der Waals surface area contributed by atoms with Crippen LogP contribution in [0.4, 0.5) is 18.0 Å². The molecule has 1 amide bonds. The van der Waals surface area contributed by atoms with Gasteiger partial charge in [-0.3, -0.25) is 0 Å². The number of nitrogens with one attached hydrogen (secondary N) is 1. The molecule has 2 aromatic carbocycles. The van der Waals surface area contributed by atoms with E-state index in [1.807, 2.05) is 30.3 Å². The molecule has 1 aliphatic rings. The molecule has 5 rings (SSSR count). The number of amides is 1. The lowest BCUT2D eigenvalue weighted by atomic mass is 9.74. The highest BCUT2D eigenvalue weighted by Gasteiger charge is 2.54. The molecule has 3 heterocycles. The third-order valence-electron chi connectivity index (χ3n) is 7.69. The summed E-state index contributed by atoms with van der Waals surface area (Å²) in [6, 6.07) is 15.1. The SMILES string of the molecule is C[N+]1(C(=O)OCc2ccccc2)CC(c2ccnc(S(C)(=O)=O)n2)C(c2cccc(C(F)(F)F)c2)CC1c1ncc[nH]1. The Morgan fingerprint density at radius 1 is 1.05 bits per heavy atom. The predicted octanol–water partition coefficient (Wildman–Crippen LogP) is 5.42. The number of rotatable bonds is 6. The summed E-state index contributed by atoms with van der Waals surface area (Å²) in [5, 5.41) is -0.406. The quantitative estimate of drug-likeness (QED) is 0.232. The van der Waals surface area contributed by atoms with E-state index in [0.717, 1.165) is 24.0 Å². The lowest BCUT2D eigenvalue weighted by Crippen LogP contribution is -2.58. The number of quaternary nitrogens is 1. The van der Waals surface area contributed by atoms with Crippen molar-refractivity contribution in [3.05, 3.63) is 107 Å². The normalized spacial score (nSPS) is 22.9. The third kappa shape index (κ3) is 6.07. The molecular formula is C29H29F3N5O4S+. The number of ether oxygens (including phenoxy) is 1. The van der Waals surface area contributed by atoms with Crippen LogP contribution in [-0.4, -0.2) is 58.8 Å². The summed E-state index contributed by atoms with van der Waals surface area (Å²) in [5.74, 6) is -0.778. The molecule has 0 spiro atoms. The van der Waals surface area contributed by atoms with Crippen molar-refractivity contribution in [2.75, 3.05) is 19.8 Å². The summed E-state index contributed by atoms with van der Waals surface area (Å²) in [6.07, 6.45) is 0.500.